The molecule has 0 aromatic rings. The lowest BCUT2D eigenvalue weighted by molar-refractivity contribution is -0.206. The molecule has 0 saturated heterocycles. The standard InChI is InChI=1S/C4HClF6/c5-1-3(8,9)4(10,11)2(6)7/h1H. The van der Waals surface area contributed by atoms with Gasteiger partial charge < -0.3 is 0 Å². The van der Waals surface area contributed by atoms with E-state index in [4.69, 9.17) is 0 Å². The predicted octanol–water partition coefficient (Wildman–Crippen LogP) is 3.09. The van der Waals surface area contributed by atoms with E-state index in [9.17, 15) is 26.3 Å². The Bertz CT molecular complexity index is 133. The SMILES string of the molecule is F[C](F)C(F)(F)C(F)(F)[CH]Cl. The summed E-state index contributed by atoms with van der Waals surface area (Å²) < 4.78 is 69.0. The van der Waals surface area contributed by atoms with Crippen LogP contribution in [0.5, 0.6) is 0 Å². The Hall–Kier alpha value is -0.130. The van der Waals surface area contributed by atoms with Crippen molar-refractivity contribution in [2.24, 2.45) is 0 Å². The first-order valence-corrected chi connectivity index (χ1v) is 2.58. The van der Waals surface area contributed by atoms with Crippen molar-refractivity contribution in [3.8, 4) is 0 Å². The molecule has 11 heavy (non-hydrogen) atoms. The van der Waals surface area contributed by atoms with Crippen molar-refractivity contribution in [3.05, 3.63) is 12.3 Å². The Labute approximate surface area is 63.1 Å². The van der Waals surface area contributed by atoms with Crippen LogP contribution in [0.1, 0.15) is 0 Å². The lowest BCUT2D eigenvalue weighted by Crippen LogP contribution is -2.42. The Balaban J connectivity index is 4.53. The first-order valence-electron chi connectivity index (χ1n) is 2.14. The fourth-order valence-electron chi connectivity index (χ4n) is 0.194. The summed E-state index contributed by atoms with van der Waals surface area (Å²) in [5.41, 5.74) is 0. The van der Waals surface area contributed by atoms with E-state index in [0.29, 0.717) is 0 Å². The van der Waals surface area contributed by atoms with Crippen molar-refractivity contribution in [2.75, 3.05) is 0 Å². The fourth-order valence-corrected chi connectivity index (χ4v) is 0.332. The fraction of sp³-hybridized carbons (Fsp3) is 0.500. The van der Waals surface area contributed by atoms with Gasteiger partial charge in [-0.2, -0.15) is 26.3 Å². The highest BCUT2D eigenvalue weighted by molar-refractivity contribution is 6.23. The van der Waals surface area contributed by atoms with Crippen LogP contribution in [-0.2, 0) is 0 Å². The van der Waals surface area contributed by atoms with E-state index < -0.39 is 24.2 Å². The lowest BCUT2D eigenvalue weighted by Gasteiger charge is -2.21. The minimum atomic E-state index is -5.49. The molecule has 66 valence electrons. The van der Waals surface area contributed by atoms with Gasteiger partial charge >= 0.3 is 18.3 Å². The van der Waals surface area contributed by atoms with Gasteiger partial charge in [0.1, 0.15) is 5.88 Å². The molecule has 0 unspecified atom stereocenters. The summed E-state index contributed by atoms with van der Waals surface area (Å²) in [5, 5.41) is 0. The molecule has 0 aromatic heterocycles. The first kappa shape index (κ1) is 10.9. The van der Waals surface area contributed by atoms with Crippen molar-refractivity contribution < 1.29 is 26.3 Å². The largest absolute Gasteiger partial charge is 0.384 e. The minimum Gasteiger partial charge on any atom is -0.198 e. The summed E-state index contributed by atoms with van der Waals surface area (Å²) in [7, 11) is 0. The van der Waals surface area contributed by atoms with Gasteiger partial charge in [0, 0.05) is 0 Å². The Kier molecular flexibility index (Phi) is 3.05. The maximum absolute atomic E-state index is 11.7. The second kappa shape index (κ2) is 3.08. The molecule has 0 bridgehead atoms. The Morgan fingerprint density at radius 3 is 1.55 bits per heavy atom. The number of hydrogen-bond acceptors (Lipinski definition) is 0. The summed E-state index contributed by atoms with van der Waals surface area (Å²) in [6, 6.07) is 0. The lowest BCUT2D eigenvalue weighted by atomic mass is 10.2. The predicted molar refractivity (Wildman–Crippen MR) is 25.5 cm³/mol. The molecule has 0 spiro atoms. The monoisotopic (exact) mass is 198 g/mol. The van der Waals surface area contributed by atoms with Crippen molar-refractivity contribution in [2.45, 2.75) is 11.8 Å². The molecule has 0 heterocycles. The van der Waals surface area contributed by atoms with Crippen LogP contribution in [0, 0.1) is 12.3 Å². The Morgan fingerprint density at radius 1 is 1.09 bits per heavy atom. The molecule has 0 aliphatic heterocycles. The van der Waals surface area contributed by atoms with Gasteiger partial charge in [-0.1, -0.05) is 0 Å². The average molecular weight is 198 g/mol. The number of hydrogen-bond donors (Lipinski definition) is 0. The molecule has 0 N–H and O–H groups in total. The second-order valence-corrected chi connectivity index (χ2v) is 1.79. The summed E-state index contributed by atoms with van der Waals surface area (Å²) in [5.74, 6) is -11.3. The van der Waals surface area contributed by atoms with Gasteiger partial charge in [-0.3, -0.25) is 0 Å². The maximum Gasteiger partial charge on any atom is 0.384 e. The van der Waals surface area contributed by atoms with Crippen molar-refractivity contribution in [1.29, 1.82) is 0 Å². The van der Waals surface area contributed by atoms with Crippen molar-refractivity contribution >= 4 is 11.6 Å². The molecule has 7 heteroatoms. The van der Waals surface area contributed by atoms with Gasteiger partial charge in [-0.25, -0.2) is 0 Å². The van der Waals surface area contributed by atoms with E-state index in [1.54, 1.807) is 0 Å². The van der Waals surface area contributed by atoms with Gasteiger partial charge in [0.25, 0.3) is 0 Å². The van der Waals surface area contributed by atoms with Gasteiger partial charge in [0.2, 0.25) is 0 Å². The van der Waals surface area contributed by atoms with Crippen molar-refractivity contribution in [1.82, 2.24) is 0 Å². The van der Waals surface area contributed by atoms with Crippen molar-refractivity contribution in [3.63, 3.8) is 0 Å². The van der Waals surface area contributed by atoms with Gasteiger partial charge in [0.15, 0.2) is 0 Å². The highest BCUT2D eigenvalue weighted by Crippen LogP contribution is 2.44. The van der Waals surface area contributed by atoms with Crippen LogP contribution in [0.2, 0.25) is 0 Å². The second-order valence-electron chi connectivity index (χ2n) is 1.57. The van der Waals surface area contributed by atoms with E-state index in [1.165, 1.54) is 0 Å². The van der Waals surface area contributed by atoms with E-state index >= 15 is 0 Å². The number of alkyl halides is 4. The normalized spacial score (nSPS) is 14.2. The molecule has 0 aliphatic rings. The molecule has 0 saturated carbocycles. The molecular formula is C4HClF6. The van der Waals surface area contributed by atoms with E-state index in [1.807, 2.05) is 0 Å². The molecule has 0 aliphatic carbocycles. The topological polar surface area (TPSA) is 0 Å². The highest BCUT2D eigenvalue weighted by Gasteiger charge is 2.63. The van der Waals surface area contributed by atoms with E-state index in [-0.39, 0.29) is 0 Å². The van der Waals surface area contributed by atoms with Crippen LogP contribution in [-0.4, -0.2) is 11.8 Å². The third-order valence-electron chi connectivity index (χ3n) is 0.793. The number of halogens is 7. The highest BCUT2D eigenvalue weighted by atomic mass is 35.5. The van der Waals surface area contributed by atoms with E-state index in [2.05, 4.69) is 11.6 Å². The number of rotatable bonds is 3. The zero-order valence-corrected chi connectivity index (χ0v) is 5.48. The maximum atomic E-state index is 11.7. The minimum absolute atomic E-state index is 0.799. The van der Waals surface area contributed by atoms with Crippen LogP contribution in [0.25, 0.3) is 0 Å². The molecule has 0 amide bonds. The van der Waals surface area contributed by atoms with Gasteiger partial charge in [-0.05, 0) is 0 Å². The average Bonchev–Trinajstić information content (AvgIpc) is 1.87. The summed E-state index contributed by atoms with van der Waals surface area (Å²) in [4.78, 5) is 0. The zero-order valence-electron chi connectivity index (χ0n) is 4.72. The third kappa shape index (κ3) is 1.91. The smallest absolute Gasteiger partial charge is 0.198 e. The molecular weight excluding hydrogens is 197 g/mol. The quantitative estimate of drug-likeness (QED) is 0.612. The summed E-state index contributed by atoms with van der Waals surface area (Å²) in [6.07, 6.45) is -3.67. The van der Waals surface area contributed by atoms with Crippen LogP contribution in [0.15, 0.2) is 0 Å². The van der Waals surface area contributed by atoms with E-state index in [0.717, 1.165) is 0 Å². The van der Waals surface area contributed by atoms with Crippen LogP contribution in [0.4, 0.5) is 26.3 Å². The third-order valence-corrected chi connectivity index (χ3v) is 1.07. The Morgan fingerprint density at radius 2 is 1.45 bits per heavy atom. The molecule has 0 fully saturated rings. The van der Waals surface area contributed by atoms with Gasteiger partial charge in [-0.15, -0.1) is 11.6 Å². The zero-order chi connectivity index (χ0) is 9.28. The summed E-state index contributed by atoms with van der Waals surface area (Å²) in [6.45, 7) is 0. The van der Waals surface area contributed by atoms with Gasteiger partial charge in [0.05, 0.1) is 0 Å². The molecule has 0 nitrogen and oxygen atoms in total. The van der Waals surface area contributed by atoms with Crippen LogP contribution in [0.3, 0.4) is 0 Å². The molecule has 0 aromatic carbocycles. The summed E-state index contributed by atoms with van der Waals surface area (Å²) >= 11 is 4.22. The molecule has 0 rings (SSSR count). The van der Waals surface area contributed by atoms with Crippen LogP contribution < -0.4 is 0 Å². The molecule has 2 radical (unpaired) electrons. The first-order chi connectivity index (χ1) is 4.75. The van der Waals surface area contributed by atoms with Crippen LogP contribution >= 0.6 is 11.6 Å². The molecule has 0 atom stereocenters.